The highest BCUT2D eigenvalue weighted by Gasteiger charge is 2.35. The van der Waals surface area contributed by atoms with Crippen molar-refractivity contribution >= 4 is 5.97 Å². The van der Waals surface area contributed by atoms with Gasteiger partial charge in [-0.2, -0.15) is 0 Å². The first-order valence-electron chi connectivity index (χ1n) is 4.51. The molecule has 1 heterocycles. The lowest BCUT2D eigenvalue weighted by molar-refractivity contribution is -0.275. The molecule has 0 saturated heterocycles. The van der Waals surface area contributed by atoms with Crippen LogP contribution in [0.2, 0.25) is 0 Å². The number of halogens is 5. The Morgan fingerprint density at radius 1 is 1.42 bits per heavy atom. The Bertz CT molecular complexity index is 488. The van der Waals surface area contributed by atoms with Crippen molar-refractivity contribution in [2.75, 3.05) is 7.11 Å². The Morgan fingerprint density at radius 2 is 2.00 bits per heavy atom. The average molecular weight is 287 g/mol. The predicted octanol–water partition coefficient (Wildman–Crippen LogP) is 2.62. The van der Waals surface area contributed by atoms with Gasteiger partial charge in [0.05, 0.1) is 7.11 Å². The van der Waals surface area contributed by atoms with Crippen molar-refractivity contribution in [2.45, 2.75) is 12.8 Å². The number of pyridine rings is 1. The molecule has 0 bridgehead atoms. The van der Waals surface area contributed by atoms with Gasteiger partial charge in [-0.05, 0) is 0 Å². The number of ether oxygens (including phenoxy) is 2. The van der Waals surface area contributed by atoms with Crippen LogP contribution in [0.25, 0.3) is 0 Å². The number of rotatable bonds is 4. The Morgan fingerprint density at radius 3 is 2.37 bits per heavy atom. The zero-order valence-electron chi connectivity index (χ0n) is 9.16. The first kappa shape index (κ1) is 14.9. The van der Waals surface area contributed by atoms with Gasteiger partial charge in [-0.3, -0.25) is 0 Å². The number of aromatic nitrogens is 1. The minimum absolute atomic E-state index is 0.348. The zero-order chi connectivity index (χ0) is 14.8. The van der Waals surface area contributed by atoms with E-state index >= 15 is 0 Å². The highest BCUT2D eigenvalue weighted by atomic mass is 19.4. The Kier molecular flexibility index (Phi) is 4.12. The SMILES string of the molecule is COc1c(OC(F)(F)F)cc(C(=O)O)nc1C(F)F. The third kappa shape index (κ3) is 3.66. The molecule has 0 radical (unpaired) electrons. The van der Waals surface area contributed by atoms with Gasteiger partial charge in [-0.15, -0.1) is 13.2 Å². The van der Waals surface area contributed by atoms with Crippen LogP contribution in [0.3, 0.4) is 0 Å². The minimum Gasteiger partial charge on any atom is -0.491 e. The molecule has 106 valence electrons. The lowest BCUT2D eigenvalue weighted by atomic mass is 10.2. The highest BCUT2D eigenvalue weighted by Crippen LogP contribution is 2.38. The molecule has 0 atom stereocenters. The van der Waals surface area contributed by atoms with Gasteiger partial charge in [-0.1, -0.05) is 0 Å². The summed E-state index contributed by atoms with van der Waals surface area (Å²) in [5, 5.41) is 8.59. The lowest BCUT2D eigenvalue weighted by Crippen LogP contribution is -2.19. The van der Waals surface area contributed by atoms with Crippen LogP contribution in [0.15, 0.2) is 6.07 Å². The van der Waals surface area contributed by atoms with Crippen molar-refractivity contribution in [3.8, 4) is 11.5 Å². The molecule has 1 N–H and O–H groups in total. The van der Waals surface area contributed by atoms with Crippen LogP contribution in [-0.4, -0.2) is 29.5 Å². The third-order valence-corrected chi connectivity index (χ3v) is 1.82. The monoisotopic (exact) mass is 287 g/mol. The first-order chi connectivity index (χ1) is 8.65. The first-order valence-corrected chi connectivity index (χ1v) is 4.51. The summed E-state index contributed by atoms with van der Waals surface area (Å²) in [5.41, 5.74) is -2.27. The van der Waals surface area contributed by atoms with Crippen molar-refractivity contribution in [1.82, 2.24) is 4.98 Å². The van der Waals surface area contributed by atoms with Crippen molar-refractivity contribution in [2.24, 2.45) is 0 Å². The lowest BCUT2D eigenvalue weighted by Gasteiger charge is -2.15. The number of nitrogens with zero attached hydrogens (tertiary/aromatic N) is 1. The number of alkyl halides is 5. The number of methoxy groups -OCH3 is 1. The van der Waals surface area contributed by atoms with Crippen molar-refractivity contribution in [3.63, 3.8) is 0 Å². The van der Waals surface area contributed by atoms with E-state index in [-0.39, 0.29) is 0 Å². The van der Waals surface area contributed by atoms with E-state index in [1.54, 1.807) is 0 Å². The second-order valence-corrected chi connectivity index (χ2v) is 3.08. The van der Waals surface area contributed by atoms with Gasteiger partial charge in [0.2, 0.25) is 0 Å². The zero-order valence-corrected chi connectivity index (χ0v) is 9.16. The molecular weight excluding hydrogens is 281 g/mol. The molecule has 0 aliphatic heterocycles. The summed E-state index contributed by atoms with van der Waals surface area (Å²) < 4.78 is 69.3. The summed E-state index contributed by atoms with van der Waals surface area (Å²) in [7, 11) is 0.826. The Labute approximate surface area is 102 Å². The van der Waals surface area contributed by atoms with Crippen LogP contribution in [0, 0.1) is 0 Å². The molecule has 0 saturated carbocycles. The van der Waals surface area contributed by atoms with Crippen LogP contribution in [0.1, 0.15) is 22.6 Å². The molecule has 10 heteroatoms. The molecular formula is C9H6F5NO4. The molecule has 0 aliphatic rings. The van der Waals surface area contributed by atoms with Gasteiger partial charge in [-0.25, -0.2) is 18.6 Å². The summed E-state index contributed by atoms with van der Waals surface area (Å²) >= 11 is 0. The molecule has 0 amide bonds. The maximum atomic E-state index is 12.6. The maximum absolute atomic E-state index is 12.6. The fourth-order valence-electron chi connectivity index (χ4n) is 1.19. The summed E-state index contributed by atoms with van der Waals surface area (Å²) in [6, 6.07) is 0.348. The van der Waals surface area contributed by atoms with Crippen molar-refractivity contribution < 1.29 is 41.3 Å². The Balaban J connectivity index is 3.44. The summed E-state index contributed by atoms with van der Waals surface area (Å²) in [6.07, 6.45) is -8.52. The normalized spacial score (nSPS) is 11.5. The Hall–Kier alpha value is -2.13. The van der Waals surface area contributed by atoms with E-state index in [2.05, 4.69) is 14.5 Å². The number of carboxylic acid groups (broad SMARTS) is 1. The van der Waals surface area contributed by atoms with Gasteiger partial charge in [0.25, 0.3) is 6.43 Å². The topological polar surface area (TPSA) is 68.7 Å². The van der Waals surface area contributed by atoms with Gasteiger partial charge in [0.15, 0.2) is 22.9 Å². The summed E-state index contributed by atoms with van der Waals surface area (Å²) in [4.78, 5) is 13.6. The third-order valence-electron chi connectivity index (χ3n) is 1.82. The van der Waals surface area contributed by atoms with Crippen LogP contribution >= 0.6 is 0 Å². The summed E-state index contributed by atoms with van der Waals surface area (Å²) in [6.45, 7) is 0. The smallest absolute Gasteiger partial charge is 0.491 e. The molecule has 0 aliphatic carbocycles. The van der Waals surface area contributed by atoms with Crippen LogP contribution in [-0.2, 0) is 0 Å². The van der Waals surface area contributed by atoms with E-state index in [0.29, 0.717) is 6.07 Å². The molecule has 0 fully saturated rings. The molecule has 1 rings (SSSR count). The van der Waals surface area contributed by atoms with Crippen molar-refractivity contribution in [1.29, 1.82) is 0 Å². The quantitative estimate of drug-likeness (QED) is 0.862. The number of hydrogen-bond donors (Lipinski definition) is 1. The fraction of sp³-hybridized carbons (Fsp3) is 0.333. The van der Waals surface area contributed by atoms with Gasteiger partial charge in [0, 0.05) is 6.07 Å². The molecule has 1 aromatic heterocycles. The maximum Gasteiger partial charge on any atom is 0.573 e. The van der Waals surface area contributed by atoms with Crippen LogP contribution in [0.5, 0.6) is 11.5 Å². The van der Waals surface area contributed by atoms with E-state index < -0.39 is 41.6 Å². The highest BCUT2D eigenvalue weighted by molar-refractivity contribution is 5.86. The molecule has 19 heavy (non-hydrogen) atoms. The number of aromatic carboxylic acids is 1. The number of carboxylic acids is 1. The molecule has 0 unspecified atom stereocenters. The van der Waals surface area contributed by atoms with E-state index in [4.69, 9.17) is 5.11 Å². The molecule has 5 nitrogen and oxygen atoms in total. The average Bonchev–Trinajstić information content (AvgIpc) is 2.25. The predicted molar refractivity (Wildman–Crippen MR) is 49.4 cm³/mol. The number of carbonyl (C=O) groups is 1. The van der Waals surface area contributed by atoms with Gasteiger partial charge < -0.3 is 14.6 Å². The molecule has 1 aromatic rings. The molecule has 0 aromatic carbocycles. The van der Waals surface area contributed by atoms with Gasteiger partial charge in [0.1, 0.15) is 0 Å². The fourth-order valence-corrected chi connectivity index (χ4v) is 1.19. The minimum atomic E-state index is -5.19. The van der Waals surface area contributed by atoms with E-state index in [0.717, 1.165) is 7.11 Å². The van der Waals surface area contributed by atoms with E-state index in [9.17, 15) is 26.7 Å². The number of hydrogen-bond acceptors (Lipinski definition) is 4. The van der Waals surface area contributed by atoms with Crippen LogP contribution in [0.4, 0.5) is 22.0 Å². The second kappa shape index (κ2) is 5.24. The standard InChI is InChI=1S/C9H6F5NO4/c1-18-6-4(19-9(12,13)14)2-3(8(16)17)15-5(6)7(10)11/h2,7H,1H3,(H,16,17). The summed E-state index contributed by atoms with van der Waals surface area (Å²) in [5.74, 6) is -3.95. The molecule has 0 spiro atoms. The van der Waals surface area contributed by atoms with Crippen molar-refractivity contribution in [3.05, 3.63) is 17.5 Å². The largest absolute Gasteiger partial charge is 0.573 e. The van der Waals surface area contributed by atoms with Gasteiger partial charge >= 0.3 is 12.3 Å². The second-order valence-electron chi connectivity index (χ2n) is 3.08. The van der Waals surface area contributed by atoms with E-state index in [1.165, 1.54) is 0 Å². The van der Waals surface area contributed by atoms with E-state index in [1.807, 2.05) is 0 Å². The van der Waals surface area contributed by atoms with Crippen LogP contribution < -0.4 is 9.47 Å².